The van der Waals surface area contributed by atoms with Crippen LogP contribution in [0.25, 0.3) is 0 Å². The van der Waals surface area contributed by atoms with Gasteiger partial charge in [-0.25, -0.2) is 4.98 Å². The summed E-state index contributed by atoms with van der Waals surface area (Å²) >= 11 is 0. The zero-order valence-electron chi connectivity index (χ0n) is 10.0. The fourth-order valence-corrected chi connectivity index (χ4v) is 2.78. The van der Waals surface area contributed by atoms with Crippen LogP contribution in [0, 0.1) is 0 Å². The van der Waals surface area contributed by atoms with E-state index in [1.54, 1.807) is 12.4 Å². The largest absolute Gasteiger partial charge is 0.366 e. The fraction of sp³-hybridized carbons (Fsp3) is 0.286. The number of nitrogens with two attached hydrogens (primary N) is 1. The van der Waals surface area contributed by atoms with E-state index in [0.29, 0.717) is 5.56 Å². The molecular weight excluding hydrogens is 226 g/mol. The lowest BCUT2D eigenvalue weighted by Gasteiger charge is -2.23. The lowest BCUT2D eigenvalue weighted by atomic mass is 9.82. The number of primary amides is 1. The van der Waals surface area contributed by atoms with Crippen LogP contribution in [-0.2, 0) is 6.42 Å². The van der Waals surface area contributed by atoms with Gasteiger partial charge in [0.25, 0.3) is 0 Å². The minimum atomic E-state index is -0.367. The molecule has 1 unspecified atom stereocenters. The van der Waals surface area contributed by atoms with Gasteiger partial charge in [-0.2, -0.15) is 0 Å². The Morgan fingerprint density at radius 3 is 3.06 bits per heavy atom. The number of nitrogens with zero attached hydrogens (tertiary/aromatic N) is 1. The Morgan fingerprint density at radius 1 is 1.39 bits per heavy atom. The summed E-state index contributed by atoms with van der Waals surface area (Å²) in [5.74, 6) is -0.183. The Bertz CT molecular complexity index is 588. The molecule has 1 aromatic carbocycles. The number of fused-ring (bicyclic) bond motifs is 1. The Morgan fingerprint density at radius 2 is 2.22 bits per heavy atom. The maximum absolute atomic E-state index is 11.5. The molecule has 2 aromatic rings. The van der Waals surface area contributed by atoms with Gasteiger partial charge >= 0.3 is 0 Å². The smallest absolute Gasteiger partial charge is 0.248 e. The second kappa shape index (κ2) is 4.29. The molecule has 0 bridgehead atoms. The van der Waals surface area contributed by atoms with E-state index in [2.05, 4.69) is 9.97 Å². The number of aryl methyl sites for hydroxylation is 1. The van der Waals surface area contributed by atoms with Crippen molar-refractivity contribution in [2.75, 3.05) is 0 Å². The molecule has 0 radical (unpaired) electrons. The monoisotopic (exact) mass is 241 g/mol. The van der Waals surface area contributed by atoms with Crippen LogP contribution in [0.3, 0.4) is 0 Å². The number of amides is 1. The van der Waals surface area contributed by atoms with Crippen LogP contribution >= 0.6 is 0 Å². The average Bonchev–Trinajstić information content (AvgIpc) is 2.86. The van der Waals surface area contributed by atoms with Gasteiger partial charge in [-0.15, -0.1) is 0 Å². The standard InChI is InChI=1S/C14H15N3O/c15-14(18)11-5-2-1-4-9(11)10-6-3-7-12-13(10)17-8-16-12/h1-2,4-5,8,10H,3,6-7H2,(H2,15,18)(H,16,17). The third-order valence-corrected chi connectivity index (χ3v) is 3.60. The first-order valence-corrected chi connectivity index (χ1v) is 6.18. The van der Waals surface area contributed by atoms with E-state index in [4.69, 9.17) is 5.73 Å². The number of carbonyl (C=O) groups excluding carboxylic acids is 1. The number of carbonyl (C=O) groups is 1. The van der Waals surface area contributed by atoms with Crippen LogP contribution in [0.1, 0.15) is 46.1 Å². The highest BCUT2D eigenvalue weighted by molar-refractivity contribution is 5.94. The van der Waals surface area contributed by atoms with Gasteiger partial charge in [-0.05, 0) is 30.9 Å². The number of hydrogen-bond donors (Lipinski definition) is 2. The molecule has 0 spiro atoms. The van der Waals surface area contributed by atoms with E-state index in [-0.39, 0.29) is 11.8 Å². The van der Waals surface area contributed by atoms with Crippen molar-refractivity contribution < 1.29 is 4.79 Å². The number of hydrogen-bond acceptors (Lipinski definition) is 2. The number of benzene rings is 1. The molecule has 1 aliphatic carbocycles. The third kappa shape index (κ3) is 1.70. The molecule has 1 aliphatic rings. The van der Waals surface area contributed by atoms with Crippen molar-refractivity contribution in [1.82, 2.24) is 9.97 Å². The molecule has 4 heteroatoms. The summed E-state index contributed by atoms with van der Waals surface area (Å²) in [6.07, 6.45) is 4.88. The molecular formula is C14H15N3O. The van der Waals surface area contributed by atoms with Gasteiger partial charge in [0.2, 0.25) is 5.91 Å². The van der Waals surface area contributed by atoms with Crippen molar-refractivity contribution in [3.05, 3.63) is 53.1 Å². The van der Waals surface area contributed by atoms with Crippen LogP contribution in [-0.4, -0.2) is 15.9 Å². The number of aromatic nitrogens is 2. The van der Waals surface area contributed by atoms with Gasteiger partial charge in [0.1, 0.15) is 0 Å². The summed E-state index contributed by atoms with van der Waals surface area (Å²) < 4.78 is 0. The molecule has 3 rings (SSSR count). The molecule has 0 saturated heterocycles. The number of imidazole rings is 1. The second-order valence-corrected chi connectivity index (χ2v) is 4.66. The summed E-state index contributed by atoms with van der Waals surface area (Å²) in [5.41, 5.74) is 9.31. The molecule has 0 aliphatic heterocycles. The van der Waals surface area contributed by atoms with E-state index in [1.807, 2.05) is 18.2 Å². The first-order valence-electron chi connectivity index (χ1n) is 6.18. The van der Waals surface area contributed by atoms with E-state index >= 15 is 0 Å². The van der Waals surface area contributed by atoms with Crippen molar-refractivity contribution in [1.29, 1.82) is 0 Å². The molecule has 4 nitrogen and oxygen atoms in total. The first-order chi connectivity index (χ1) is 8.77. The summed E-state index contributed by atoms with van der Waals surface area (Å²) in [6, 6.07) is 7.56. The van der Waals surface area contributed by atoms with Crippen molar-refractivity contribution >= 4 is 5.91 Å². The van der Waals surface area contributed by atoms with E-state index < -0.39 is 0 Å². The van der Waals surface area contributed by atoms with Crippen LogP contribution in [0.4, 0.5) is 0 Å². The molecule has 18 heavy (non-hydrogen) atoms. The molecule has 3 N–H and O–H groups in total. The Kier molecular flexibility index (Phi) is 2.63. The molecule has 1 heterocycles. The van der Waals surface area contributed by atoms with E-state index in [9.17, 15) is 4.79 Å². The van der Waals surface area contributed by atoms with Gasteiger partial charge < -0.3 is 10.7 Å². The summed E-state index contributed by atoms with van der Waals surface area (Å²) in [6.45, 7) is 0. The topological polar surface area (TPSA) is 71.8 Å². The summed E-state index contributed by atoms with van der Waals surface area (Å²) in [7, 11) is 0. The second-order valence-electron chi connectivity index (χ2n) is 4.66. The first kappa shape index (κ1) is 11.0. The maximum Gasteiger partial charge on any atom is 0.248 e. The molecule has 0 fully saturated rings. The number of nitrogens with one attached hydrogen (secondary N) is 1. The average molecular weight is 241 g/mol. The number of H-pyrrole nitrogens is 1. The minimum absolute atomic E-state index is 0.184. The zero-order chi connectivity index (χ0) is 12.5. The van der Waals surface area contributed by atoms with Crippen molar-refractivity contribution in [3.8, 4) is 0 Å². The highest BCUT2D eigenvalue weighted by Crippen LogP contribution is 2.36. The molecule has 1 aromatic heterocycles. The minimum Gasteiger partial charge on any atom is -0.366 e. The normalized spacial score (nSPS) is 18.3. The number of rotatable bonds is 2. The summed E-state index contributed by atoms with van der Waals surface area (Å²) in [5, 5.41) is 0. The van der Waals surface area contributed by atoms with Crippen molar-refractivity contribution in [2.45, 2.75) is 25.2 Å². The highest BCUT2D eigenvalue weighted by Gasteiger charge is 2.26. The SMILES string of the molecule is NC(=O)c1ccccc1C1CCCc2[nH]cnc21. The van der Waals surface area contributed by atoms with Crippen LogP contribution in [0.15, 0.2) is 30.6 Å². The Balaban J connectivity index is 2.10. The van der Waals surface area contributed by atoms with E-state index in [0.717, 1.165) is 30.5 Å². The van der Waals surface area contributed by atoms with Crippen molar-refractivity contribution in [2.24, 2.45) is 5.73 Å². The lowest BCUT2D eigenvalue weighted by molar-refractivity contribution is 0.0999. The Labute approximate surface area is 105 Å². The van der Waals surface area contributed by atoms with Gasteiger partial charge in [0.15, 0.2) is 0 Å². The predicted octanol–water partition coefficient (Wildman–Crippen LogP) is 1.98. The molecule has 1 atom stereocenters. The summed E-state index contributed by atoms with van der Waals surface area (Å²) in [4.78, 5) is 19.1. The predicted molar refractivity (Wildman–Crippen MR) is 68.3 cm³/mol. The van der Waals surface area contributed by atoms with E-state index in [1.165, 1.54) is 5.69 Å². The van der Waals surface area contributed by atoms with Crippen LogP contribution in [0.5, 0.6) is 0 Å². The Hall–Kier alpha value is -2.10. The fourth-order valence-electron chi connectivity index (χ4n) is 2.78. The third-order valence-electron chi connectivity index (χ3n) is 3.60. The number of aromatic amines is 1. The van der Waals surface area contributed by atoms with Crippen molar-refractivity contribution in [3.63, 3.8) is 0 Å². The van der Waals surface area contributed by atoms with Crippen LogP contribution in [0.2, 0.25) is 0 Å². The highest BCUT2D eigenvalue weighted by atomic mass is 16.1. The molecule has 0 saturated carbocycles. The lowest BCUT2D eigenvalue weighted by Crippen LogP contribution is -2.18. The van der Waals surface area contributed by atoms with Gasteiger partial charge in [0.05, 0.1) is 12.0 Å². The van der Waals surface area contributed by atoms with Crippen LogP contribution < -0.4 is 5.73 Å². The molecule has 1 amide bonds. The quantitative estimate of drug-likeness (QED) is 0.843. The van der Waals surface area contributed by atoms with Gasteiger partial charge in [0, 0.05) is 17.2 Å². The molecule has 92 valence electrons. The van der Waals surface area contributed by atoms with Gasteiger partial charge in [-0.1, -0.05) is 18.2 Å². The van der Waals surface area contributed by atoms with Gasteiger partial charge in [-0.3, -0.25) is 4.79 Å². The maximum atomic E-state index is 11.5. The zero-order valence-corrected chi connectivity index (χ0v) is 10.0.